The molecule has 1 aromatic heterocycles. The number of rotatable bonds is 6. The molecule has 0 saturated carbocycles. The van der Waals surface area contributed by atoms with E-state index in [9.17, 15) is 4.39 Å². The van der Waals surface area contributed by atoms with Gasteiger partial charge in [-0.25, -0.2) is 9.37 Å². The van der Waals surface area contributed by atoms with E-state index in [1.807, 2.05) is 48.5 Å². The number of nitrogens with zero attached hydrogens (tertiary/aromatic N) is 1. The first-order chi connectivity index (χ1) is 14.1. The van der Waals surface area contributed by atoms with E-state index in [1.54, 1.807) is 25.4 Å². The quantitative estimate of drug-likeness (QED) is 0.376. The maximum absolute atomic E-state index is 14.0. The van der Waals surface area contributed by atoms with Gasteiger partial charge in [0.1, 0.15) is 18.2 Å². The Bertz CT molecular complexity index is 1130. The second-order valence-corrected chi connectivity index (χ2v) is 7.32. The fourth-order valence-corrected chi connectivity index (χ4v) is 3.29. The van der Waals surface area contributed by atoms with Crippen LogP contribution >= 0.6 is 15.9 Å². The maximum atomic E-state index is 14.0. The normalized spacial score (nSPS) is 10.7. The minimum absolute atomic E-state index is 0.108. The molecule has 4 rings (SSSR count). The monoisotopic (exact) mass is 452 g/mol. The number of aromatic nitrogens is 2. The van der Waals surface area contributed by atoms with E-state index in [4.69, 9.17) is 9.47 Å². The maximum Gasteiger partial charge on any atom is 0.161 e. The Morgan fingerprint density at radius 1 is 0.966 bits per heavy atom. The van der Waals surface area contributed by atoms with Gasteiger partial charge in [0.15, 0.2) is 11.5 Å². The van der Waals surface area contributed by atoms with E-state index < -0.39 is 0 Å². The van der Waals surface area contributed by atoms with Crippen LogP contribution in [0.4, 0.5) is 4.39 Å². The number of imidazole rings is 1. The second kappa shape index (κ2) is 8.49. The lowest BCUT2D eigenvalue weighted by Crippen LogP contribution is -2.00. The van der Waals surface area contributed by atoms with Crippen molar-refractivity contribution < 1.29 is 13.9 Å². The molecule has 3 aromatic carbocycles. The molecule has 29 heavy (non-hydrogen) atoms. The van der Waals surface area contributed by atoms with Gasteiger partial charge in [0.2, 0.25) is 0 Å². The minimum Gasteiger partial charge on any atom is -0.493 e. The number of nitrogens with one attached hydrogen (secondary N) is 1. The smallest absolute Gasteiger partial charge is 0.161 e. The first-order valence-corrected chi connectivity index (χ1v) is 9.79. The Balaban J connectivity index is 1.54. The highest BCUT2D eigenvalue weighted by atomic mass is 79.9. The number of hydrogen-bond donors (Lipinski definition) is 1. The summed E-state index contributed by atoms with van der Waals surface area (Å²) >= 11 is 3.25. The molecular formula is C23H18BrFN2O2. The Hall–Kier alpha value is -3.12. The fraction of sp³-hybridized carbons (Fsp3) is 0.0870. The van der Waals surface area contributed by atoms with Crippen molar-refractivity contribution in [3.05, 3.63) is 88.8 Å². The van der Waals surface area contributed by atoms with Crippen LogP contribution in [0.3, 0.4) is 0 Å². The Kier molecular flexibility index (Phi) is 5.62. The molecule has 0 amide bonds. The highest BCUT2D eigenvalue weighted by Gasteiger charge is 2.11. The topological polar surface area (TPSA) is 47.1 Å². The van der Waals surface area contributed by atoms with Gasteiger partial charge in [-0.2, -0.15) is 0 Å². The molecule has 6 heteroatoms. The predicted molar refractivity (Wildman–Crippen MR) is 114 cm³/mol. The summed E-state index contributed by atoms with van der Waals surface area (Å²) in [5.41, 5.74) is 3.27. The minimum atomic E-state index is -0.319. The van der Waals surface area contributed by atoms with Crippen LogP contribution in [0, 0.1) is 5.82 Å². The van der Waals surface area contributed by atoms with Crippen molar-refractivity contribution in [3.8, 4) is 34.1 Å². The summed E-state index contributed by atoms with van der Waals surface area (Å²) in [6.45, 7) is 0.108. The lowest BCUT2D eigenvalue weighted by Gasteiger charge is -2.12. The molecule has 0 aliphatic heterocycles. The van der Waals surface area contributed by atoms with Gasteiger partial charge in [-0.05, 0) is 30.3 Å². The molecule has 0 aliphatic carbocycles. The zero-order valence-electron chi connectivity index (χ0n) is 15.7. The van der Waals surface area contributed by atoms with Gasteiger partial charge in [0, 0.05) is 21.2 Å². The number of benzene rings is 3. The lowest BCUT2D eigenvalue weighted by atomic mass is 10.1. The summed E-state index contributed by atoms with van der Waals surface area (Å²) in [4.78, 5) is 7.79. The highest BCUT2D eigenvalue weighted by Crippen LogP contribution is 2.33. The molecule has 0 saturated heterocycles. The molecule has 146 valence electrons. The molecule has 0 spiro atoms. The van der Waals surface area contributed by atoms with Crippen LogP contribution in [0.5, 0.6) is 11.5 Å². The number of halogens is 2. The number of ether oxygens (including phenoxy) is 2. The van der Waals surface area contributed by atoms with Gasteiger partial charge >= 0.3 is 0 Å². The molecule has 1 heterocycles. The van der Waals surface area contributed by atoms with Crippen molar-refractivity contribution in [2.75, 3.05) is 7.11 Å². The summed E-state index contributed by atoms with van der Waals surface area (Å²) in [5, 5.41) is 0. The van der Waals surface area contributed by atoms with E-state index in [0.717, 1.165) is 22.6 Å². The fourth-order valence-electron chi connectivity index (χ4n) is 2.96. The SMILES string of the molecule is COc1cc(-c2cnc(-c3ccccc3)[nH]2)ccc1OCc1ccc(Br)cc1F. The van der Waals surface area contributed by atoms with Crippen LogP contribution in [0.15, 0.2) is 77.4 Å². The molecule has 4 nitrogen and oxygen atoms in total. The van der Waals surface area contributed by atoms with Crippen LogP contribution in [0.1, 0.15) is 5.56 Å². The molecule has 0 fully saturated rings. The van der Waals surface area contributed by atoms with Crippen LogP contribution in [-0.2, 0) is 6.61 Å². The molecule has 0 atom stereocenters. The molecule has 1 N–H and O–H groups in total. The Morgan fingerprint density at radius 3 is 2.55 bits per heavy atom. The lowest BCUT2D eigenvalue weighted by molar-refractivity contribution is 0.280. The van der Waals surface area contributed by atoms with E-state index in [-0.39, 0.29) is 12.4 Å². The third kappa shape index (κ3) is 4.32. The van der Waals surface area contributed by atoms with Crippen molar-refractivity contribution in [2.45, 2.75) is 6.61 Å². The number of aromatic amines is 1. The molecule has 0 radical (unpaired) electrons. The van der Waals surface area contributed by atoms with Crippen molar-refractivity contribution in [1.82, 2.24) is 9.97 Å². The van der Waals surface area contributed by atoms with Gasteiger partial charge in [-0.3, -0.25) is 0 Å². The van der Waals surface area contributed by atoms with Gasteiger partial charge < -0.3 is 14.5 Å². The van der Waals surface area contributed by atoms with Crippen molar-refractivity contribution in [3.63, 3.8) is 0 Å². The third-order valence-electron chi connectivity index (χ3n) is 4.50. The van der Waals surface area contributed by atoms with Crippen LogP contribution < -0.4 is 9.47 Å². The van der Waals surface area contributed by atoms with E-state index in [2.05, 4.69) is 25.9 Å². The average Bonchev–Trinajstić information content (AvgIpc) is 3.24. The summed E-state index contributed by atoms with van der Waals surface area (Å²) in [6, 6.07) is 20.4. The van der Waals surface area contributed by atoms with Gasteiger partial charge in [-0.1, -0.05) is 52.3 Å². The number of H-pyrrole nitrogens is 1. The number of methoxy groups -OCH3 is 1. The van der Waals surface area contributed by atoms with Crippen molar-refractivity contribution in [1.29, 1.82) is 0 Å². The summed E-state index contributed by atoms with van der Waals surface area (Å²) in [7, 11) is 1.58. The standard InChI is InChI=1S/C23H18BrFN2O2/c1-28-22-11-16(20-13-26-23(27-20)15-5-3-2-4-6-15)8-10-21(22)29-14-17-7-9-18(24)12-19(17)25/h2-13H,14H2,1H3,(H,26,27). The van der Waals surface area contributed by atoms with Crippen LogP contribution in [-0.4, -0.2) is 17.1 Å². The average molecular weight is 453 g/mol. The Morgan fingerprint density at radius 2 is 1.79 bits per heavy atom. The molecule has 4 aromatic rings. The predicted octanol–water partition coefficient (Wildman–Crippen LogP) is 6.23. The first kappa shape index (κ1) is 19.2. The number of hydrogen-bond acceptors (Lipinski definition) is 3. The Labute approximate surface area is 176 Å². The third-order valence-corrected chi connectivity index (χ3v) is 4.99. The first-order valence-electron chi connectivity index (χ1n) is 8.99. The molecule has 0 unspecified atom stereocenters. The zero-order valence-corrected chi connectivity index (χ0v) is 17.2. The summed E-state index contributed by atoms with van der Waals surface area (Å²) in [5.74, 6) is 1.59. The van der Waals surface area contributed by atoms with Crippen molar-refractivity contribution in [2.24, 2.45) is 0 Å². The van der Waals surface area contributed by atoms with Crippen LogP contribution in [0.25, 0.3) is 22.6 Å². The van der Waals surface area contributed by atoms with Gasteiger partial charge in [-0.15, -0.1) is 0 Å². The van der Waals surface area contributed by atoms with Crippen LogP contribution in [0.2, 0.25) is 0 Å². The molecular weight excluding hydrogens is 435 g/mol. The zero-order chi connectivity index (χ0) is 20.2. The summed E-state index contributed by atoms with van der Waals surface area (Å²) in [6.07, 6.45) is 1.79. The van der Waals surface area contributed by atoms with E-state index in [0.29, 0.717) is 21.5 Å². The van der Waals surface area contributed by atoms with Gasteiger partial charge in [0.05, 0.1) is 19.0 Å². The van der Waals surface area contributed by atoms with E-state index in [1.165, 1.54) is 6.07 Å². The summed E-state index contributed by atoms with van der Waals surface area (Å²) < 4.78 is 26.0. The molecule has 0 aliphatic rings. The highest BCUT2D eigenvalue weighted by molar-refractivity contribution is 9.10. The van der Waals surface area contributed by atoms with Gasteiger partial charge in [0.25, 0.3) is 0 Å². The largest absolute Gasteiger partial charge is 0.493 e. The van der Waals surface area contributed by atoms with E-state index >= 15 is 0 Å². The second-order valence-electron chi connectivity index (χ2n) is 6.40. The molecule has 0 bridgehead atoms. The van der Waals surface area contributed by atoms with Crippen molar-refractivity contribution >= 4 is 15.9 Å².